The average Bonchev–Trinajstić information content (AvgIpc) is 2.85. The van der Waals surface area contributed by atoms with Crippen LogP contribution in [-0.4, -0.2) is 17.6 Å². The number of hydrogen-bond donors (Lipinski definition) is 1. The molecule has 0 aliphatic heterocycles. The Labute approximate surface area is 194 Å². The minimum atomic E-state index is -0.263. The van der Waals surface area contributed by atoms with Crippen molar-refractivity contribution in [2.24, 2.45) is 16.1 Å². The van der Waals surface area contributed by atoms with E-state index in [-0.39, 0.29) is 17.2 Å². The monoisotopic (exact) mass is 437 g/mol. The van der Waals surface area contributed by atoms with Crippen LogP contribution >= 0.6 is 0 Å². The van der Waals surface area contributed by atoms with Crippen molar-refractivity contribution >= 4 is 33.7 Å². The number of anilines is 1. The summed E-state index contributed by atoms with van der Waals surface area (Å²) in [6.07, 6.45) is 0.843. The highest BCUT2D eigenvalue weighted by atomic mass is 16.3. The van der Waals surface area contributed by atoms with Gasteiger partial charge in [-0.25, -0.2) is 0 Å². The van der Waals surface area contributed by atoms with Crippen LogP contribution in [0.1, 0.15) is 30.6 Å². The fourth-order valence-electron chi connectivity index (χ4n) is 3.68. The maximum Gasteiger partial charge on any atom is 0.262 e. The van der Waals surface area contributed by atoms with Gasteiger partial charge in [-0.05, 0) is 42.7 Å². The molecular weight excluding hydrogens is 410 g/mol. The van der Waals surface area contributed by atoms with Crippen LogP contribution in [-0.2, 0) is 0 Å². The van der Waals surface area contributed by atoms with Crippen LogP contribution in [0.15, 0.2) is 101 Å². The van der Waals surface area contributed by atoms with Crippen molar-refractivity contribution < 1.29 is 9.90 Å². The van der Waals surface area contributed by atoms with Crippen molar-refractivity contribution in [2.75, 3.05) is 11.4 Å². The summed E-state index contributed by atoms with van der Waals surface area (Å²) in [4.78, 5) is 15.5. The number of nitrogens with zero attached hydrogens (tertiary/aromatic N) is 3. The molecule has 33 heavy (non-hydrogen) atoms. The van der Waals surface area contributed by atoms with Gasteiger partial charge in [0.25, 0.3) is 5.91 Å². The van der Waals surface area contributed by atoms with Crippen LogP contribution in [0, 0.1) is 5.92 Å². The number of carbonyl (C=O) groups excluding carboxylic acids is 1. The molecule has 0 aliphatic rings. The second-order valence-electron chi connectivity index (χ2n) is 8.35. The van der Waals surface area contributed by atoms with Crippen LogP contribution < -0.4 is 4.90 Å². The molecule has 0 aromatic heterocycles. The third-order valence-corrected chi connectivity index (χ3v) is 5.50. The molecule has 4 aromatic carbocycles. The summed E-state index contributed by atoms with van der Waals surface area (Å²) in [7, 11) is 0. The van der Waals surface area contributed by atoms with Gasteiger partial charge in [-0.3, -0.25) is 4.79 Å². The molecule has 0 atom stereocenters. The number of fused-ring (bicyclic) bond motifs is 1. The maximum atomic E-state index is 13.7. The lowest BCUT2D eigenvalue weighted by Crippen LogP contribution is -2.32. The van der Waals surface area contributed by atoms with Crippen molar-refractivity contribution in [3.63, 3.8) is 0 Å². The molecule has 0 saturated carbocycles. The van der Waals surface area contributed by atoms with Crippen molar-refractivity contribution in [1.82, 2.24) is 0 Å². The number of rotatable bonds is 7. The van der Waals surface area contributed by atoms with E-state index in [2.05, 4.69) is 24.1 Å². The first kappa shape index (κ1) is 22.2. The van der Waals surface area contributed by atoms with Gasteiger partial charge in [-0.15, -0.1) is 5.11 Å². The number of carbonyl (C=O) groups is 1. The lowest BCUT2D eigenvalue weighted by Gasteiger charge is -2.24. The average molecular weight is 438 g/mol. The molecule has 1 N–H and O–H groups in total. The van der Waals surface area contributed by atoms with E-state index >= 15 is 0 Å². The molecule has 5 heteroatoms. The number of azo groups is 1. The van der Waals surface area contributed by atoms with Gasteiger partial charge in [-0.1, -0.05) is 74.5 Å². The van der Waals surface area contributed by atoms with E-state index < -0.39 is 0 Å². The zero-order chi connectivity index (χ0) is 23.2. The Kier molecular flexibility index (Phi) is 6.79. The summed E-state index contributed by atoms with van der Waals surface area (Å²) in [6.45, 7) is 4.81. The van der Waals surface area contributed by atoms with Crippen LogP contribution in [0.4, 0.5) is 17.1 Å². The predicted octanol–water partition coefficient (Wildman–Crippen LogP) is 7.65. The molecule has 0 saturated heterocycles. The number of para-hydroxylation sites is 1. The van der Waals surface area contributed by atoms with Gasteiger partial charge >= 0.3 is 0 Å². The molecule has 4 aromatic rings. The van der Waals surface area contributed by atoms with E-state index in [1.807, 2.05) is 78.9 Å². The molecule has 0 radical (unpaired) electrons. The van der Waals surface area contributed by atoms with Gasteiger partial charge in [0.05, 0.1) is 16.9 Å². The second-order valence-corrected chi connectivity index (χ2v) is 8.35. The Hall–Kier alpha value is -3.99. The zero-order valence-corrected chi connectivity index (χ0v) is 18.8. The molecule has 0 spiro atoms. The Morgan fingerprint density at radius 1 is 0.848 bits per heavy atom. The molecule has 5 nitrogen and oxygen atoms in total. The van der Waals surface area contributed by atoms with Gasteiger partial charge < -0.3 is 10.0 Å². The molecule has 0 fully saturated rings. The minimum Gasteiger partial charge on any atom is -0.506 e. The Balaban J connectivity index is 1.81. The lowest BCUT2D eigenvalue weighted by molar-refractivity contribution is 0.0983. The standard InChI is InChI=1S/C28H27N3O2/c1-20(2)17-18-31(22-13-7-4-8-14-22)28(33)25-19-26(30-29-21-11-5-3-6-12-21)23-15-9-10-16-24(23)27(25)32/h3-16,19-20,32H,17-18H2,1-2H3/b30-29+. The molecule has 0 aliphatic carbocycles. The molecule has 0 heterocycles. The van der Waals surface area contributed by atoms with E-state index in [1.54, 1.807) is 17.0 Å². The lowest BCUT2D eigenvalue weighted by atomic mass is 10.0. The zero-order valence-electron chi connectivity index (χ0n) is 18.8. The summed E-state index contributed by atoms with van der Waals surface area (Å²) < 4.78 is 0. The van der Waals surface area contributed by atoms with Crippen molar-refractivity contribution in [1.29, 1.82) is 0 Å². The molecule has 4 rings (SSSR count). The van der Waals surface area contributed by atoms with Gasteiger partial charge in [0.2, 0.25) is 0 Å². The van der Waals surface area contributed by atoms with Gasteiger partial charge in [-0.2, -0.15) is 5.11 Å². The SMILES string of the molecule is CC(C)CCN(C(=O)c1cc(/N=N/c2ccccc2)c2ccccc2c1O)c1ccccc1. The van der Waals surface area contributed by atoms with Crippen molar-refractivity contribution in [3.05, 3.63) is 96.6 Å². The van der Waals surface area contributed by atoms with Gasteiger partial charge in [0, 0.05) is 23.0 Å². The third-order valence-electron chi connectivity index (χ3n) is 5.50. The number of hydrogen-bond acceptors (Lipinski definition) is 4. The third kappa shape index (κ3) is 5.09. The maximum absolute atomic E-state index is 13.7. The summed E-state index contributed by atoms with van der Waals surface area (Å²) in [5.41, 5.74) is 2.25. The largest absolute Gasteiger partial charge is 0.506 e. The topological polar surface area (TPSA) is 65.3 Å². The fourth-order valence-corrected chi connectivity index (χ4v) is 3.68. The molecule has 166 valence electrons. The van der Waals surface area contributed by atoms with Crippen molar-refractivity contribution in [3.8, 4) is 5.75 Å². The highest BCUT2D eigenvalue weighted by Crippen LogP contribution is 2.38. The van der Waals surface area contributed by atoms with Crippen LogP contribution in [0.25, 0.3) is 10.8 Å². The summed E-state index contributed by atoms with van der Waals surface area (Å²) in [6, 6.07) is 28.0. The molecule has 1 amide bonds. The molecule has 0 unspecified atom stereocenters. The first-order valence-corrected chi connectivity index (χ1v) is 11.1. The number of amides is 1. The van der Waals surface area contributed by atoms with Crippen LogP contribution in [0.5, 0.6) is 5.75 Å². The molecule has 0 bridgehead atoms. The smallest absolute Gasteiger partial charge is 0.262 e. The number of aromatic hydroxyl groups is 1. The normalized spacial score (nSPS) is 11.4. The Morgan fingerprint density at radius 2 is 1.45 bits per heavy atom. The van der Waals surface area contributed by atoms with E-state index in [1.165, 1.54) is 0 Å². The van der Waals surface area contributed by atoms with Crippen LogP contribution in [0.2, 0.25) is 0 Å². The first-order valence-electron chi connectivity index (χ1n) is 11.1. The summed E-state index contributed by atoms with van der Waals surface area (Å²) in [5.74, 6) is 0.130. The van der Waals surface area contributed by atoms with Crippen molar-refractivity contribution in [2.45, 2.75) is 20.3 Å². The highest BCUT2D eigenvalue weighted by Gasteiger charge is 2.23. The predicted molar refractivity (Wildman–Crippen MR) is 134 cm³/mol. The number of phenols is 1. The first-order chi connectivity index (χ1) is 16.0. The minimum absolute atomic E-state index is 0.0419. The van der Waals surface area contributed by atoms with Crippen LogP contribution in [0.3, 0.4) is 0 Å². The second kappa shape index (κ2) is 10.1. The number of benzene rings is 4. The summed E-state index contributed by atoms with van der Waals surface area (Å²) in [5, 5.41) is 21.2. The fraction of sp³-hybridized carbons (Fsp3) is 0.179. The number of phenolic OH excluding ortho intramolecular Hbond substituents is 1. The Bertz CT molecular complexity index is 1270. The van der Waals surface area contributed by atoms with E-state index in [4.69, 9.17) is 0 Å². The van der Waals surface area contributed by atoms with Gasteiger partial charge in [0.1, 0.15) is 5.75 Å². The van der Waals surface area contributed by atoms with Gasteiger partial charge in [0.15, 0.2) is 0 Å². The summed E-state index contributed by atoms with van der Waals surface area (Å²) >= 11 is 0. The van der Waals surface area contributed by atoms with E-state index in [9.17, 15) is 9.90 Å². The van der Waals surface area contributed by atoms with E-state index in [0.717, 1.165) is 17.5 Å². The quantitative estimate of drug-likeness (QED) is 0.302. The highest BCUT2D eigenvalue weighted by molar-refractivity contribution is 6.13. The molecular formula is C28H27N3O2. The Morgan fingerprint density at radius 3 is 2.12 bits per heavy atom. The van der Waals surface area contributed by atoms with E-state index in [0.29, 0.717) is 29.2 Å².